The van der Waals surface area contributed by atoms with Gasteiger partial charge in [-0.15, -0.1) is 10.2 Å². The maximum Gasteiger partial charge on any atom is 0.164 e. The van der Waals surface area contributed by atoms with Crippen LogP contribution < -0.4 is 4.90 Å². The first kappa shape index (κ1) is 18.8. The Morgan fingerprint density at radius 2 is 1.83 bits per heavy atom. The lowest BCUT2D eigenvalue weighted by Crippen LogP contribution is -2.28. The molecule has 0 bridgehead atoms. The van der Waals surface area contributed by atoms with Gasteiger partial charge in [-0.05, 0) is 66.7 Å². The molecule has 0 saturated heterocycles. The van der Waals surface area contributed by atoms with Crippen LogP contribution >= 0.6 is 0 Å². The molecule has 5 rings (SSSR count). The summed E-state index contributed by atoms with van der Waals surface area (Å²) < 4.78 is 2.23. The molecule has 152 valence electrons. The molecule has 30 heavy (non-hydrogen) atoms. The molecular formula is C25H27N5. The van der Waals surface area contributed by atoms with E-state index in [0.29, 0.717) is 6.04 Å². The SMILES string of the molecule is CCC1=C(CC)N(c2cccc(-c3nncn3C3CC3)c2)CC(c2ccncc2)=C1. The number of hydrogen-bond donors (Lipinski definition) is 0. The highest BCUT2D eigenvalue weighted by atomic mass is 15.3. The molecule has 1 aliphatic carbocycles. The molecule has 0 spiro atoms. The van der Waals surface area contributed by atoms with Crippen LogP contribution in [0.15, 0.2) is 72.5 Å². The van der Waals surface area contributed by atoms with E-state index in [2.05, 4.69) is 81.0 Å². The van der Waals surface area contributed by atoms with Gasteiger partial charge >= 0.3 is 0 Å². The Morgan fingerprint density at radius 3 is 2.57 bits per heavy atom. The summed E-state index contributed by atoms with van der Waals surface area (Å²) in [5, 5.41) is 8.62. The number of nitrogens with zero attached hydrogens (tertiary/aromatic N) is 5. The van der Waals surface area contributed by atoms with Gasteiger partial charge in [0.15, 0.2) is 5.82 Å². The molecule has 0 amide bonds. The molecule has 1 aromatic carbocycles. The van der Waals surface area contributed by atoms with E-state index in [0.717, 1.165) is 30.8 Å². The fraction of sp³-hybridized carbons (Fsp3) is 0.320. The van der Waals surface area contributed by atoms with Crippen molar-refractivity contribution in [3.05, 3.63) is 78.0 Å². The largest absolute Gasteiger partial charge is 0.340 e. The Kier molecular flexibility index (Phi) is 4.95. The molecule has 0 radical (unpaired) electrons. The van der Waals surface area contributed by atoms with Crippen LogP contribution in [0.3, 0.4) is 0 Å². The minimum Gasteiger partial charge on any atom is -0.340 e. The first-order chi connectivity index (χ1) is 14.8. The molecule has 3 aromatic rings. The zero-order chi connectivity index (χ0) is 20.5. The molecule has 2 aromatic heterocycles. The highest BCUT2D eigenvalue weighted by Gasteiger charge is 2.27. The Hall–Kier alpha value is -3.21. The van der Waals surface area contributed by atoms with Crippen molar-refractivity contribution >= 4 is 11.3 Å². The fourth-order valence-corrected chi connectivity index (χ4v) is 4.37. The van der Waals surface area contributed by atoms with Gasteiger partial charge in [-0.2, -0.15) is 0 Å². The summed E-state index contributed by atoms with van der Waals surface area (Å²) in [5.41, 5.74) is 7.71. The minimum atomic E-state index is 0.563. The average Bonchev–Trinajstić information content (AvgIpc) is 3.54. The molecule has 1 aliphatic heterocycles. The van der Waals surface area contributed by atoms with Crippen molar-refractivity contribution in [2.24, 2.45) is 0 Å². The molecule has 5 heteroatoms. The summed E-state index contributed by atoms with van der Waals surface area (Å²) in [4.78, 5) is 6.66. The topological polar surface area (TPSA) is 46.8 Å². The molecule has 0 N–H and O–H groups in total. The van der Waals surface area contributed by atoms with Gasteiger partial charge in [0.1, 0.15) is 6.33 Å². The Morgan fingerprint density at radius 1 is 1.00 bits per heavy atom. The third kappa shape index (κ3) is 3.45. The first-order valence-corrected chi connectivity index (χ1v) is 10.9. The van der Waals surface area contributed by atoms with Gasteiger partial charge in [-0.25, -0.2) is 0 Å². The van der Waals surface area contributed by atoms with E-state index in [9.17, 15) is 0 Å². The van der Waals surface area contributed by atoms with Crippen LogP contribution in [0.5, 0.6) is 0 Å². The quantitative estimate of drug-likeness (QED) is 0.539. The lowest BCUT2D eigenvalue weighted by molar-refractivity contribution is 0.746. The highest BCUT2D eigenvalue weighted by Crippen LogP contribution is 2.39. The van der Waals surface area contributed by atoms with E-state index in [-0.39, 0.29) is 0 Å². The fourth-order valence-electron chi connectivity index (χ4n) is 4.37. The van der Waals surface area contributed by atoms with Gasteiger partial charge in [-0.1, -0.05) is 32.1 Å². The zero-order valence-electron chi connectivity index (χ0n) is 17.6. The van der Waals surface area contributed by atoms with E-state index in [1.807, 2.05) is 18.7 Å². The van der Waals surface area contributed by atoms with Crippen LogP contribution in [-0.2, 0) is 0 Å². The Labute approximate surface area is 177 Å². The summed E-state index contributed by atoms with van der Waals surface area (Å²) in [7, 11) is 0. The van der Waals surface area contributed by atoms with Crippen LogP contribution in [0.25, 0.3) is 17.0 Å². The molecule has 0 unspecified atom stereocenters. The molecule has 0 atom stereocenters. The van der Waals surface area contributed by atoms with Gasteiger partial charge in [-0.3, -0.25) is 4.98 Å². The van der Waals surface area contributed by atoms with Crippen molar-refractivity contribution in [2.45, 2.75) is 45.6 Å². The maximum atomic E-state index is 4.43. The normalized spacial score (nSPS) is 16.7. The van der Waals surface area contributed by atoms with E-state index in [1.165, 1.54) is 40.9 Å². The summed E-state index contributed by atoms with van der Waals surface area (Å²) in [6.07, 6.45) is 12.5. The Bertz CT molecular complexity index is 1110. The van der Waals surface area contributed by atoms with E-state index < -0.39 is 0 Å². The third-order valence-corrected chi connectivity index (χ3v) is 6.07. The Balaban J connectivity index is 1.55. The average molecular weight is 398 g/mol. The first-order valence-electron chi connectivity index (χ1n) is 10.9. The van der Waals surface area contributed by atoms with Crippen molar-refractivity contribution < 1.29 is 0 Å². The summed E-state index contributed by atoms with van der Waals surface area (Å²) in [6, 6.07) is 13.5. The molecule has 2 aliphatic rings. The van der Waals surface area contributed by atoms with Crippen molar-refractivity contribution in [1.82, 2.24) is 19.7 Å². The van der Waals surface area contributed by atoms with Gasteiger partial charge in [0.05, 0.1) is 0 Å². The van der Waals surface area contributed by atoms with Crippen molar-refractivity contribution in [1.29, 1.82) is 0 Å². The number of pyridine rings is 1. The highest BCUT2D eigenvalue weighted by molar-refractivity contribution is 5.78. The monoisotopic (exact) mass is 397 g/mol. The number of benzene rings is 1. The summed E-state index contributed by atoms with van der Waals surface area (Å²) in [6.45, 7) is 5.34. The maximum absolute atomic E-state index is 4.43. The summed E-state index contributed by atoms with van der Waals surface area (Å²) in [5.74, 6) is 0.971. The number of aromatic nitrogens is 4. The van der Waals surface area contributed by atoms with Crippen LogP contribution in [0.4, 0.5) is 5.69 Å². The molecule has 5 nitrogen and oxygen atoms in total. The van der Waals surface area contributed by atoms with Gasteiger partial charge < -0.3 is 9.47 Å². The molecule has 3 heterocycles. The molecular weight excluding hydrogens is 370 g/mol. The molecule has 1 saturated carbocycles. The van der Waals surface area contributed by atoms with E-state index in [4.69, 9.17) is 0 Å². The standard InChI is InChI=1S/C25H27N5/c1-3-18-14-21(19-10-12-26-13-11-19)16-29(24(18)4-2)23-7-5-6-20(15-23)25-28-27-17-30(25)22-8-9-22/h5-7,10-15,17,22H,3-4,8-9,16H2,1-2H3. The molecule has 1 fully saturated rings. The third-order valence-electron chi connectivity index (χ3n) is 6.07. The number of hydrogen-bond acceptors (Lipinski definition) is 4. The zero-order valence-corrected chi connectivity index (χ0v) is 17.6. The number of anilines is 1. The summed E-state index contributed by atoms with van der Waals surface area (Å²) >= 11 is 0. The van der Waals surface area contributed by atoms with Gasteiger partial charge in [0.2, 0.25) is 0 Å². The number of rotatable bonds is 6. The van der Waals surface area contributed by atoms with E-state index in [1.54, 1.807) is 0 Å². The minimum absolute atomic E-state index is 0.563. The van der Waals surface area contributed by atoms with Crippen LogP contribution in [0, 0.1) is 0 Å². The second kappa shape index (κ2) is 7.90. The smallest absolute Gasteiger partial charge is 0.164 e. The second-order valence-electron chi connectivity index (χ2n) is 8.01. The van der Waals surface area contributed by atoms with Gasteiger partial charge in [0, 0.05) is 41.9 Å². The van der Waals surface area contributed by atoms with Crippen LogP contribution in [-0.4, -0.2) is 26.3 Å². The van der Waals surface area contributed by atoms with Crippen molar-refractivity contribution in [3.8, 4) is 11.4 Å². The van der Waals surface area contributed by atoms with Gasteiger partial charge in [0.25, 0.3) is 0 Å². The van der Waals surface area contributed by atoms with Crippen LogP contribution in [0.1, 0.15) is 51.1 Å². The van der Waals surface area contributed by atoms with E-state index >= 15 is 0 Å². The second-order valence-corrected chi connectivity index (χ2v) is 8.01. The lowest BCUT2D eigenvalue weighted by atomic mass is 9.95. The van der Waals surface area contributed by atoms with Crippen molar-refractivity contribution in [2.75, 3.05) is 11.4 Å². The predicted molar refractivity (Wildman–Crippen MR) is 121 cm³/mol. The van der Waals surface area contributed by atoms with Crippen LogP contribution in [0.2, 0.25) is 0 Å². The lowest BCUT2D eigenvalue weighted by Gasteiger charge is -2.34. The number of allylic oxidation sites excluding steroid dienone is 3. The van der Waals surface area contributed by atoms with Crippen molar-refractivity contribution in [3.63, 3.8) is 0 Å². The predicted octanol–water partition coefficient (Wildman–Crippen LogP) is 5.65.